The number of ether oxygens (including phenoxy) is 1. The Balaban J connectivity index is 1.66. The van der Waals surface area contributed by atoms with Crippen LogP contribution in [0.15, 0.2) is 18.2 Å². The number of aliphatic hydroxyl groups excluding tert-OH is 1. The zero-order chi connectivity index (χ0) is 21.0. The van der Waals surface area contributed by atoms with E-state index in [9.17, 15) is 18.8 Å². The zero-order valence-corrected chi connectivity index (χ0v) is 16.3. The Bertz CT molecular complexity index is 790. The minimum atomic E-state index is -0.588. The molecule has 0 aliphatic carbocycles. The van der Waals surface area contributed by atoms with Crippen molar-refractivity contribution in [2.75, 3.05) is 49.1 Å². The standard InChI is InChI=1S/C19H25FN4O5/c1-13(26)2-4-15-11-23(19(28)29-15)14-3-5-17(16(20)10-14)22-7-6-21-24(9-8-22)18(27)12-25/h3,5,10,15,21,25H,2,4,6-9,11-12H2,1H3/t15-/m0/s1. The van der Waals surface area contributed by atoms with Crippen LogP contribution in [0.3, 0.4) is 0 Å². The highest BCUT2D eigenvalue weighted by Crippen LogP contribution is 2.29. The third-order valence-corrected chi connectivity index (χ3v) is 4.99. The minimum absolute atomic E-state index is 0.0288. The summed E-state index contributed by atoms with van der Waals surface area (Å²) in [6.45, 7) is 2.77. The van der Waals surface area contributed by atoms with Gasteiger partial charge in [-0.3, -0.25) is 14.7 Å². The Labute approximate surface area is 168 Å². The Morgan fingerprint density at radius 1 is 1.31 bits per heavy atom. The fourth-order valence-corrected chi connectivity index (χ4v) is 3.44. The van der Waals surface area contributed by atoms with E-state index >= 15 is 0 Å². The monoisotopic (exact) mass is 408 g/mol. The van der Waals surface area contributed by atoms with Crippen LogP contribution >= 0.6 is 0 Å². The third-order valence-electron chi connectivity index (χ3n) is 4.99. The zero-order valence-electron chi connectivity index (χ0n) is 16.3. The topological polar surface area (TPSA) is 102 Å². The number of aliphatic hydroxyl groups is 1. The van der Waals surface area contributed by atoms with Crippen molar-refractivity contribution in [1.82, 2.24) is 10.4 Å². The fourth-order valence-electron chi connectivity index (χ4n) is 3.44. The Hall–Kier alpha value is -2.72. The number of halogens is 1. The van der Waals surface area contributed by atoms with Gasteiger partial charge in [-0.1, -0.05) is 0 Å². The molecule has 1 aromatic carbocycles. The molecule has 2 fully saturated rings. The van der Waals surface area contributed by atoms with Gasteiger partial charge in [0, 0.05) is 26.1 Å². The normalized spacial score (nSPS) is 19.9. The number of cyclic esters (lactones) is 1. The summed E-state index contributed by atoms with van der Waals surface area (Å²) in [4.78, 5) is 38.0. The molecule has 2 aliphatic heterocycles. The number of ketones is 1. The van der Waals surface area contributed by atoms with Crippen LogP contribution in [0.25, 0.3) is 0 Å². The molecule has 2 N–H and O–H groups in total. The molecule has 3 rings (SSSR count). The Kier molecular flexibility index (Phi) is 6.65. The summed E-state index contributed by atoms with van der Waals surface area (Å²) in [5.74, 6) is -0.889. The third kappa shape index (κ3) is 5.01. The summed E-state index contributed by atoms with van der Waals surface area (Å²) in [5, 5.41) is 10.3. The van der Waals surface area contributed by atoms with Crippen LogP contribution in [0.2, 0.25) is 0 Å². The highest BCUT2D eigenvalue weighted by molar-refractivity contribution is 5.90. The molecule has 0 radical (unpaired) electrons. The molecule has 0 saturated carbocycles. The number of nitrogens with zero attached hydrogens (tertiary/aromatic N) is 3. The van der Waals surface area contributed by atoms with Gasteiger partial charge in [0.05, 0.1) is 24.5 Å². The predicted octanol–water partition coefficient (Wildman–Crippen LogP) is 0.666. The first-order valence-corrected chi connectivity index (χ1v) is 9.56. The van der Waals surface area contributed by atoms with Crippen LogP contribution < -0.4 is 15.2 Å². The molecule has 0 bridgehead atoms. The first-order valence-electron chi connectivity index (χ1n) is 9.56. The van der Waals surface area contributed by atoms with Crippen molar-refractivity contribution in [1.29, 1.82) is 0 Å². The lowest BCUT2D eigenvalue weighted by atomic mass is 10.1. The first-order chi connectivity index (χ1) is 13.9. The summed E-state index contributed by atoms with van der Waals surface area (Å²) in [6.07, 6.45) is -0.163. The number of amides is 2. The minimum Gasteiger partial charge on any atom is -0.444 e. The number of hydrogen-bond acceptors (Lipinski definition) is 7. The van der Waals surface area contributed by atoms with E-state index in [-0.39, 0.29) is 18.4 Å². The molecular formula is C19H25FN4O5. The van der Waals surface area contributed by atoms with Gasteiger partial charge in [-0.15, -0.1) is 0 Å². The second-order valence-corrected chi connectivity index (χ2v) is 7.09. The molecular weight excluding hydrogens is 383 g/mol. The molecule has 2 amide bonds. The number of anilines is 2. The quantitative estimate of drug-likeness (QED) is 0.713. The van der Waals surface area contributed by atoms with Crippen molar-refractivity contribution in [3.05, 3.63) is 24.0 Å². The number of nitrogens with one attached hydrogen (secondary N) is 1. The van der Waals surface area contributed by atoms with E-state index in [2.05, 4.69) is 5.43 Å². The lowest BCUT2D eigenvalue weighted by Crippen LogP contribution is -2.45. The summed E-state index contributed by atoms with van der Waals surface area (Å²) in [5.41, 5.74) is 3.67. The van der Waals surface area contributed by atoms with Gasteiger partial charge >= 0.3 is 6.09 Å². The fraction of sp³-hybridized carbons (Fsp3) is 0.526. The van der Waals surface area contributed by atoms with E-state index < -0.39 is 24.4 Å². The lowest BCUT2D eigenvalue weighted by molar-refractivity contribution is -0.137. The first kappa shape index (κ1) is 21.0. The van der Waals surface area contributed by atoms with Gasteiger partial charge in [0.15, 0.2) is 0 Å². The van der Waals surface area contributed by atoms with Gasteiger partial charge in [-0.25, -0.2) is 14.6 Å². The molecule has 158 valence electrons. The summed E-state index contributed by atoms with van der Waals surface area (Å²) < 4.78 is 20.1. The van der Waals surface area contributed by atoms with Crippen LogP contribution in [0.4, 0.5) is 20.6 Å². The van der Waals surface area contributed by atoms with Crippen molar-refractivity contribution >= 4 is 29.2 Å². The molecule has 10 heteroatoms. The average molecular weight is 408 g/mol. The van der Waals surface area contributed by atoms with E-state index in [0.29, 0.717) is 50.4 Å². The van der Waals surface area contributed by atoms with Gasteiger partial charge in [-0.05, 0) is 31.5 Å². The van der Waals surface area contributed by atoms with Crippen molar-refractivity contribution in [3.63, 3.8) is 0 Å². The SMILES string of the molecule is CC(=O)CC[C@H]1CN(c2ccc(N3CCNN(C(=O)CO)CC3)c(F)c2)C(=O)O1. The Morgan fingerprint density at radius 2 is 2.10 bits per heavy atom. The van der Waals surface area contributed by atoms with Gasteiger partial charge in [-0.2, -0.15) is 0 Å². The predicted molar refractivity (Wildman–Crippen MR) is 103 cm³/mol. The van der Waals surface area contributed by atoms with Crippen LogP contribution in [-0.2, 0) is 14.3 Å². The molecule has 0 unspecified atom stereocenters. The molecule has 29 heavy (non-hydrogen) atoms. The van der Waals surface area contributed by atoms with Crippen molar-refractivity contribution in [2.24, 2.45) is 0 Å². The van der Waals surface area contributed by atoms with Crippen LogP contribution in [0.1, 0.15) is 19.8 Å². The number of hydrazine groups is 1. The van der Waals surface area contributed by atoms with Gasteiger partial charge in [0.2, 0.25) is 0 Å². The van der Waals surface area contributed by atoms with Crippen molar-refractivity contribution < 1.29 is 28.6 Å². The number of carbonyl (C=O) groups excluding carboxylic acids is 3. The smallest absolute Gasteiger partial charge is 0.414 e. The molecule has 1 atom stereocenters. The molecule has 0 aromatic heterocycles. The van der Waals surface area contributed by atoms with Gasteiger partial charge < -0.3 is 19.5 Å². The second kappa shape index (κ2) is 9.19. The molecule has 1 aromatic rings. The van der Waals surface area contributed by atoms with E-state index in [1.54, 1.807) is 17.0 Å². The van der Waals surface area contributed by atoms with Gasteiger partial charge in [0.1, 0.15) is 24.3 Å². The lowest BCUT2D eigenvalue weighted by Gasteiger charge is -2.24. The maximum Gasteiger partial charge on any atom is 0.414 e. The number of hydrogen-bond donors (Lipinski definition) is 2. The van der Waals surface area contributed by atoms with E-state index in [4.69, 9.17) is 9.84 Å². The molecule has 9 nitrogen and oxygen atoms in total. The molecule has 2 heterocycles. The molecule has 0 spiro atoms. The van der Waals surface area contributed by atoms with Crippen LogP contribution in [0, 0.1) is 5.82 Å². The average Bonchev–Trinajstić information content (AvgIpc) is 2.90. The number of Topliss-reactive ketones (excluding diaryl/α,β-unsaturated/α-hetero) is 1. The number of carbonyl (C=O) groups is 3. The number of benzene rings is 1. The Morgan fingerprint density at radius 3 is 2.79 bits per heavy atom. The highest BCUT2D eigenvalue weighted by Gasteiger charge is 2.33. The van der Waals surface area contributed by atoms with Crippen molar-refractivity contribution in [2.45, 2.75) is 25.9 Å². The van der Waals surface area contributed by atoms with Gasteiger partial charge in [0.25, 0.3) is 5.91 Å². The largest absolute Gasteiger partial charge is 0.444 e. The maximum absolute atomic E-state index is 14.8. The van der Waals surface area contributed by atoms with Crippen molar-refractivity contribution in [3.8, 4) is 0 Å². The molecule has 2 aliphatic rings. The van der Waals surface area contributed by atoms with Crippen LogP contribution in [0.5, 0.6) is 0 Å². The van der Waals surface area contributed by atoms with E-state index in [1.165, 1.54) is 22.9 Å². The highest BCUT2D eigenvalue weighted by atomic mass is 19.1. The summed E-state index contributed by atoms with van der Waals surface area (Å²) in [6, 6.07) is 4.55. The van der Waals surface area contributed by atoms with E-state index in [0.717, 1.165) is 0 Å². The summed E-state index contributed by atoms with van der Waals surface area (Å²) in [7, 11) is 0. The summed E-state index contributed by atoms with van der Waals surface area (Å²) >= 11 is 0. The van der Waals surface area contributed by atoms with Crippen LogP contribution in [-0.4, -0.2) is 73.3 Å². The van der Waals surface area contributed by atoms with E-state index in [1.807, 2.05) is 0 Å². The molecule has 2 saturated heterocycles. The number of rotatable bonds is 6. The second-order valence-electron chi connectivity index (χ2n) is 7.09. The maximum atomic E-state index is 14.8.